The summed E-state index contributed by atoms with van der Waals surface area (Å²) in [6, 6.07) is 0. The van der Waals surface area contributed by atoms with E-state index in [1.54, 1.807) is 0 Å². The van der Waals surface area contributed by atoms with Gasteiger partial charge in [0.1, 0.15) is 0 Å². The van der Waals surface area contributed by atoms with E-state index >= 15 is 0 Å². The number of hydrogen-bond donors (Lipinski definition) is 3. The van der Waals surface area contributed by atoms with Crippen LogP contribution in [0, 0.1) is 54.7 Å². The fraction of sp³-hybridized carbons (Fsp3) is 0.857. The molecule has 0 fully saturated rings. The minimum absolute atomic E-state index is 0. The molecule has 0 bridgehead atoms. The van der Waals surface area contributed by atoms with Crippen molar-refractivity contribution in [2.45, 2.75) is 78.1 Å². The van der Waals surface area contributed by atoms with Crippen LogP contribution in [-0.2, 0) is 4.57 Å². The molecule has 0 aliphatic carbocycles. The predicted molar refractivity (Wildman–Crippen MR) is 82.5 cm³/mol. The average molecular weight is 441 g/mol. The molecule has 0 aliphatic heterocycles. The third-order valence-electron chi connectivity index (χ3n) is 2.21. The van der Waals surface area contributed by atoms with Crippen molar-refractivity contribution in [2.24, 2.45) is 0 Å². The van der Waals surface area contributed by atoms with Crippen LogP contribution in [0.2, 0.25) is 0 Å². The van der Waals surface area contributed by atoms with Gasteiger partial charge in [0.2, 0.25) is 0 Å². The molecule has 0 aromatic heterocycles. The zero-order chi connectivity index (χ0) is 15.6. The molecule has 0 unspecified atom stereocenters. The molecule has 0 aromatic carbocycles. The largest absolute Gasteiger partial charge is 0.466 e. The van der Waals surface area contributed by atoms with E-state index in [0.29, 0.717) is 0 Å². The maximum absolute atomic E-state index is 8.88. The van der Waals surface area contributed by atoms with Gasteiger partial charge in [-0.25, -0.2) is 4.57 Å². The molecule has 124 valence electrons. The maximum Gasteiger partial charge on any atom is 0.466 e. The summed E-state index contributed by atoms with van der Waals surface area (Å²) in [5.74, 6) is 0. The van der Waals surface area contributed by atoms with Gasteiger partial charge in [-0.1, -0.05) is 65.2 Å². The second kappa shape index (κ2) is 25.4. The third-order valence-corrected chi connectivity index (χ3v) is 2.21. The summed E-state index contributed by atoms with van der Waals surface area (Å²) in [7, 11) is -4.64. The van der Waals surface area contributed by atoms with E-state index in [4.69, 9.17) is 19.2 Å². The molecule has 0 amide bonds. The number of rotatable bonds is 8. The predicted octanol–water partition coefficient (Wildman–Crippen LogP) is 4.65. The molecule has 0 spiro atoms. The zero-order valence-electron chi connectivity index (χ0n) is 13.2. The smallest absolute Gasteiger partial charge is 0.343 e. The molecule has 0 rings (SSSR count). The van der Waals surface area contributed by atoms with Gasteiger partial charge in [-0.05, 0) is 0 Å². The molecule has 0 aliphatic rings. The summed E-state index contributed by atoms with van der Waals surface area (Å²) >= 11 is 0. The van der Waals surface area contributed by atoms with Crippen molar-refractivity contribution in [1.82, 2.24) is 0 Å². The Bertz CT molecular complexity index is 160. The maximum atomic E-state index is 8.88. The van der Waals surface area contributed by atoms with Crippen LogP contribution in [0.3, 0.4) is 0 Å². The second-order valence-electron chi connectivity index (χ2n) is 4.34. The first kappa shape index (κ1) is 29.5. The molecule has 3 N–H and O–H groups in total. The van der Waals surface area contributed by atoms with Gasteiger partial charge in [-0.3, -0.25) is 0 Å². The van der Waals surface area contributed by atoms with Gasteiger partial charge in [-0.15, -0.1) is 0 Å². The standard InChI is InChI=1S/2C7H15.Nd.H3O4P/c2*1-3-5-7-6-4-2;;1-5(2,3)4/h2*1,3-7H2,2H3;;(H3,1,2,3,4)/q2*-1;;. The first-order valence-electron chi connectivity index (χ1n) is 7.20. The summed E-state index contributed by atoms with van der Waals surface area (Å²) in [5, 5.41) is 0. The van der Waals surface area contributed by atoms with E-state index in [-0.39, 0.29) is 40.8 Å². The van der Waals surface area contributed by atoms with Crippen molar-refractivity contribution in [3.8, 4) is 0 Å². The third kappa shape index (κ3) is 74.1. The van der Waals surface area contributed by atoms with Gasteiger partial charge in [0.05, 0.1) is 0 Å². The van der Waals surface area contributed by atoms with Crippen molar-refractivity contribution < 1.29 is 60.1 Å². The Morgan fingerprint density at radius 2 is 1.00 bits per heavy atom. The Balaban J connectivity index is -0.0000000952. The van der Waals surface area contributed by atoms with Gasteiger partial charge in [0, 0.05) is 40.8 Å². The van der Waals surface area contributed by atoms with Crippen LogP contribution in [0.1, 0.15) is 78.1 Å². The SMILES string of the molecule is O=P(O)(O)O.[CH2-]CCCCCC.[CH2-]CCCCCC.[Nd]. The van der Waals surface area contributed by atoms with Crippen LogP contribution in [0.25, 0.3) is 0 Å². The number of unbranched alkanes of at least 4 members (excludes halogenated alkanes) is 8. The molecular weight excluding hydrogens is 407 g/mol. The molecule has 4 nitrogen and oxygen atoms in total. The Morgan fingerprint density at radius 3 is 1.15 bits per heavy atom. The normalized spacial score (nSPS) is 9.55. The zero-order valence-corrected chi connectivity index (χ0v) is 17.3. The van der Waals surface area contributed by atoms with Crippen LogP contribution < -0.4 is 0 Å². The minimum Gasteiger partial charge on any atom is -0.343 e. The van der Waals surface area contributed by atoms with E-state index in [0.717, 1.165) is 12.8 Å². The van der Waals surface area contributed by atoms with E-state index in [1.165, 1.54) is 51.4 Å². The molecule has 0 heterocycles. The van der Waals surface area contributed by atoms with Crippen molar-refractivity contribution in [1.29, 1.82) is 0 Å². The van der Waals surface area contributed by atoms with Crippen LogP contribution in [0.5, 0.6) is 0 Å². The van der Waals surface area contributed by atoms with Crippen LogP contribution >= 0.6 is 7.82 Å². The van der Waals surface area contributed by atoms with Gasteiger partial charge >= 0.3 is 7.82 Å². The minimum atomic E-state index is -4.64. The van der Waals surface area contributed by atoms with E-state index in [2.05, 4.69) is 27.7 Å². The van der Waals surface area contributed by atoms with Gasteiger partial charge in [0.15, 0.2) is 0 Å². The monoisotopic (exact) mass is 438 g/mol. The van der Waals surface area contributed by atoms with Crippen molar-refractivity contribution in [3.05, 3.63) is 13.8 Å². The van der Waals surface area contributed by atoms with Crippen molar-refractivity contribution in [3.63, 3.8) is 0 Å². The molecule has 0 atom stereocenters. The quantitative estimate of drug-likeness (QED) is 0.292. The number of hydrogen-bond acceptors (Lipinski definition) is 1. The molecular formula is C14H33NdO4P-2. The molecule has 0 aromatic rings. The van der Waals surface area contributed by atoms with E-state index in [9.17, 15) is 0 Å². The summed E-state index contributed by atoms with van der Waals surface area (Å²) in [6.07, 6.45) is 13.0. The van der Waals surface area contributed by atoms with E-state index < -0.39 is 7.82 Å². The summed E-state index contributed by atoms with van der Waals surface area (Å²) in [5.41, 5.74) is 0. The van der Waals surface area contributed by atoms with Gasteiger partial charge in [0.25, 0.3) is 0 Å². The van der Waals surface area contributed by atoms with Crippen LogP contribution in [-0.4, -0.2) is 14.7 Å². The Morgan fingerprint density at radius 1 is 0.750 bits per heavy atom. The Hall–Kier alpha value is 1.46. The Kier molecular flexibility index (Phi) is 37.4. The van der Waals surface area contributed by atoms with E-state index in [1.807, 2.05) is 0 Å². The molecule has 20 heavy (non-hydrogen) atoms. The second-order valence-corrected chi connectivity index (χ2v) is 5.37. The first-order valence-corrected chi connectivity index (χ1v) is 8.76. The topological polar surface area (TPSA) is 77.8 Å². The summed E-state index contributed by atoms with van der Waals surface area (Å²) < 4.78 is 8.88. The van der Waals surface area contributed by atoms with Crippen LogP contribution in [0.4, 0.5) is 0 Å². The van der Waals surface area contributed by atoms with Gasteiger partial charge < -0.3 is 28.5 Å². The Labute approximate surface area is 158 Å². The van der Waals surface area contributed by atoms with Gasteiger partial charge in [-0.2, -0.15) is 12.8 Å². The average Bonchev–Trinajstić information content (AvgIpc) is 2.29. The fourth-order valence-corrected chi connectivity index (χ4v) is 1.21. The molecule has 0 saturated heterocycles. The molecule has 0 saturated carbocycles. The first-order chi connectivity index (χ1) is 8.83. The molecule has 0 radical (unpaired) electrons. The summed E-state index contributed by atoms with van der Waals surface area (Å²) in [4.78, 5) is 21.6. The fourth-order valence-electron chi connectivity index (χ4n) is 1.21. The van der Waals surface area contributed by atoms with Crippen molar-refractivity contribution in [2.75, 3.05) is 0 Å². The van der Waals surface area contributed by atoms with Crippen LogP contribution in [0.15, 0.2) is 0 Å². The number of phosphoric acid groups is 1. The summed E-state index contributed by atoms with van der Waals surface area (Å²) in [6.45, 7) is 12.0. The van der Waals surface area contributed by atoms with Crippen molar-refractivity contribution >= 4 is 7.82 Å². The molecule has 6 heteroatoms.